The van der Waals surface area contributed by atoms with Crippen molar-refractivity contribution in [2.75, 3.05) is 11.1 Å². The van der Waals surface area contributed by atoms with E-state index in [0.29, 0.717) is 32.9 Å². The van der Waals surface area contributed by atoms with E-state index in [1.165, 1.54) is 11.3 Å². The van der Waals surface area contributed by atoms with Crippen molar-refractivity contribution in [1.29, 1.82) is 0 Å². The molecule has 0 bridgehead atoms. The van der Waals surface area contributed by atoms with Crippen LogP contribution in [0.2, 0.25) is 10.0 Å². The number of amides is 1. The fraction of sp³-hybridized carbons (Fsp3) is 0.125. The molecule has 0 unspecified atom stereocenters. The van der Waals surface area contributed by atoms with Gasteiger partial charge in [-0.25, -0.2) is 4.98 Å². The van der Waals surface area contributed by atoms with Crippen molar-refractivity contribution in [3.05, 3.63) is 52.5 Å². The zero-order chi connectivity index (χ0) is 16.2. The van der Waals surface area contributed by atoms with E-state index in [0.717, 1.165) is 9.60 Å². The molecule has 0 radical (unpaired) electrons. The molecule has 3 rings (SSSR count). The molecule has 118 valence electrons. The summed E-state index contributed by atoms with van der Waals surface area (Å²) in [5.74, 6) is 0.655. The number of halogens is 2. The van der Waals surface area contributed by atoms with Crippen LogP contribution < -0.4 is 5.32 Å². The van der Waals surface area contributed by atoms with Crippen LogP contribution in [-0.4, -0.2) is 16.6 Å². The number of rotatable bonds is 5. The Kier molecular flexibility index (Phi) is 5.43. The van der Waals surface area contributed by atoms with Crippen molar-refractivity contribution in [2.24, 2.45) is 0 Å². The molecule has 1 amide bonds. The molecule has 23 heavy (non-hydrogen) atoms. The minimum absolute atomic E-state index is 0.0605. The highest BCUT2D eigenvalue weighted by molar-refractivity contribution is 7.99. The quantitative estimate of drug-likeness (QED) is 0.573. The monoisotopic (exact) mass is 382 g/mol. The van der Waals surface area contributed by atoms with Crippen molar-refractivity contribution in [2.45, 2.75) is 11.3 Å². The van der Waals surface area contributed by atoms with E-state index >= 15 is 0 Å². The van der Waals surface area contributed by atoms with Crippen molar-refractivity contribution in [3.63, 3.8) is 0 Å². The minimum atomic E-state index is -0.0605. The van der Waals surface area contributed by atoms with Crippen molar-refractivity contribution in [1.82, 2.24) is 4.98 Å². The van der Waals surface area contributed by atoms with Crippen molar-refractivity contribution < 1.29 is 4.79 Å². The zero-order valence-corrected chi connectivity index (χ0v) is 15.0. The first-order valence-corrected chi connectivity index (χ1v) is 9.41. The van der Waals surface area contributed by atoms with E-state index in [2.05, 4.69) is 10.3 Å². The molecule has 0 aliphatic rings. The van der Waals surface area contributed by atoms with Gasteiger partial charge in [-0.15, -0.1) is 11.8 Å². The second-order valence-electron chi connectivity index (χ2n) is 4.69. The van der Waals surface area contributed by atoms with E-state index in [9.17, 15) is 4.79 Å². The molecule has 1 N–H and O–H groups in total. The first kappa shape index (κ1) is 16.6. The lowest BCUT2D eigenvalue weighted by atomic mass is 10.3. The molecule has 0 spiro atoms. The number of hydrogen-bond acceptors (Lipinski definition) is 4. The second kappa shape index (κ2) is 7.53. The normalized spacial score (nSPS) is 10.9. The molecular weight excluding hydrogens is 371 g/mol. The lowest BCUT2D eigenvalue weighted by molar-refractivity contribution is -0.115. The third kappa shape index (κ3) is 4.18. The van der Waals surface area contributed by atoms with Crippen molar-refractivity contribution in [3.8, 4) is 0 Å². The fourth-order valence-corrected chi connectivity index (χ4v) is 4.13. The largest absolute Gasteiger partial charge is 0.302 e. The van der Waals surface area contributed by atoms with Gasteiger partial charge in [-0.2, -0.15) is 0 Å². The number of nitrogens with one attached hydrogen (secondary N) is 1. The van der Waals surface area contributed by atoms with Gasteiger partial charge >= 0.3 is 0 Å². The van der Waals surface area contributed by atoms with Crippen LogP contribution in [0.1, 0.15) is 6.42 Å². The van der Waals surface area contributed by atoms with Crippen molar-refractivity contribution >= 4 is 67.6 Å². The number of carbonyl (C=O) groups is 1. The molecule has 0 saturated heterocycles. The predicted molar refractivity (Wildman–Crippen MR) is 100 cm³/mol. The lowest BCUT2D eigenvalue weighted by Gasteiger charge is -2.02. The van der Waals surface area contributed by atoms with Gasteiger partial charge in [0.05, 0.1) is 14.7 Å². The summed E-state index contributed by atoms with van der Waals surface area (Å²) >= 11 is 15.1. The molecule has 0 aliphatic carbocycles. The first-order chi connectivity index (χ1) is 11.1. The summed E-state index contributed by atoms with van der Waals surface area (Å²) in [6, 6.07) is 13.6. The number of nitrogens with zero attached hydrogens (tertiary/aromatic N) is 1. The number of anilines is 1. The number of aromatic nitrogens is 1. The third-order valence-electron chi connectivity index (χ3n) is 3.04. The Hall–Kier alpha value is -1.27. The van der Waals surface area contributed by atoms with Gasteiger partial charge in [0.1, 0.15) is 5.52 Å². The zero-order valence-electron chi connectivity index (χ0n) is 11.9. The maximum Gasteiger partial charge on any atom is 0.226 e. The molecule has 0 saturated carbocycles. The summed E-state index contributed by atoms with van der Waals surface area (Å²) in [5.41, 5.74) is 0.623. The Labute approximate surface area is 152 Å². The number of hydrogen-bond donors (Lipinski definition) is 1. The van der Waals surface area contributed by atoms with Gasteiger partial charge in [0, 0.05) is 17.1 Å². The molecule has 2 aromatic carbocycles. The topological polar surface area (TPSA) is 42.0 Å². The summed E-state index contributed by atoms with van der Waals surface area (Å²) in [4.78, 5) is 17.5. The minimum Gasteiger partial charge on any atom is -0.302 e. The first-order valence-electron chi connectivity index (χ1n) is 6.86. The maximum absolute atomic E-state index is 12.0. The summed E-state index contributed by atoms with van der Waals surface area (Å²) in [6.07, 6.45) is 0.421. The Balaban J connectivity index is 1.58. The Morgan fingerprint density at radius 1 is 1.17 bits per heavy atom. The van der Waals surface area contributed by atoms with E-state index < -0.39 is 0 Å². The Bertz CT molecular complexity index is 837. The number of benzene rings is 2. The maximum atomic E-state index is 12.0. The molecule has 1 heterocycles. The summed E-state index contributed by atoms with van der Waals surface area (Å²) in [6.45, 7) is 0. The molecule has 0 atom stereocenters. The van der Waals surface area contributed by atoms with Crippen LogP contribution in [0.4, 0.5) is 5.13 Å². The average molecular weight is 383 g/mol. The highest BCUT2D eigenvalue weighted by Crippen LogP contribution is 2.35. The molecule has 0 aliphatic heterocycles. The van der Waals surface area contributed by atoms with E-state index in [-0.39, 0.29) is 5.91 Å². The Morgan fingerprint density at radius 3 is 2.74 bits per heavy atom. The van der Waals surface area contributed by atoms with Crippen LogP contribution in [0.15, 0.2) is 47.4 Å². The highest BCUT2D eigenvalue weighted by atomic mass is 35.5. The third-order valence-corrected chi connectivity index (χ3v) is 5.78. The molecular formula is C16H12Cl2N2OS2. The standard InChI is InChI=1S/C16H12Cl2N2OS2/c17-11-6-7-12-15(14(11)18)20-16(23-12)19-13(21)8-9-22-10-4-2-1-3-5-10/h1-7H,8-9H2,(H,19,20,21). The molecule has 0 fully saturated rings. The van der Waals surface area contributed by atoms with Crippen LogP contribution in [0.3, 0.4) is 0 Å². The van der Waals surface area contributed by atoms with Crippen LogP contribution in [-0.2, 0) is 4.79 Å². The summed E-state index contributed by atoms with van der Waals surface area (Å²) in [5, 5.41) is 4.24. The Morgan fingerprint density at radius 2 is 1.96 bits per heavy atom. The lowest BCUT2D eigenvalue weighted by Crippen LogP contribution is -2.11. The number of thioether (sulfide) groups is 1. The van der Waals surface area contributed by atoms with Gasteiger partial charge in [0.15, 0.2) is 5.13 Å². The number of fused-ring (bicyclic) bond motifs is 1. The van der Waals surface area contributed by atoms with Crippen LogP contribution in [0, 0.1) is 0 Å². The number of thiazole rings is 1. The summed E-state index contributed by atoms with van der Waals surface area (Å²) < 4.78 is 0.897. The smallest absolute Gasteiger partial charge is 0.226 e. The molecule has 1 aromatic heterocycles. The average Bonchev–Trinajstić information content (AvgIpc) is 2.95. The summed E-state index contributed by atoms with van der Waals surface area (Å²) in [7, 11) is 0. The second-order valence-corrected chi connectivity index (χ2v) is 7.67. The van der Waals surface area contributed by atoms with Gasteiger partial charge in [-0.3, -0.25) is 4.79 Å². The van der Waals surface area contributed by atoms with Crippen LogP contribution in [0.5, 0.6) is 0 Å². The SMILES string of the molecule is O=C(CCSc1ccccc1)Nc1nc2c(Cl)c(Cl)ccc2s1. The molecule has 7 heteroatoms. The van der Waals surface area contributed by atoms with E-state index in [1.54, 1.807) is 17.8 Å². The van der Waals surface area contributed by atoms with Crippen LogP contribution >= 0.6 is 46.3 Å². The predicted octanol–water partition coefficient (Wildman–Crippen LogP) is 5.72. The highest BCUT2D eigenvalue weighted by Gasteiger charge is 2.12. The van der Waals surface area contributed by atoms with E-state index in [4.69, 9.17) is 23.2 Å². The van der Waals surface area contributed by atoms with Gasteiger partial charge in [-0.05, 0) is 24.3 Å². The van der Waals surface area contributed by atoms with Gasteiger partial charge in [0.25, 0.3) is 0 Å². The van der Waals surface area contributed by atoms with Gasteiger partial charge in [-0.1, -0.05) is 52.7 Å². The molecule has 3 aromatic rings. The molecule has 3 nitrogen and oxygen atoms in total. The fourth-order valence-electron chi connectivity index (χ4n) is 1.95. The van der Waals surface area contributed by atoms with Gasteiger partial charge in [0.2, 0.25) is 5.91 Å². The van der Waals surface area contributed by atoms with E-state index in [1.807, 2.05) is 36.4 Å². The van der Waals surface area contributed by atoms with Crippen LogP contribution in [0.25, 0.3) is 10.2 Å². The number of carbonyl (C=O) groups excluding carboxylic acids is 1. The van der Waals surface area contributed by atoms with Gasteiger partial charge < -0.3 is 5.32 Å².